The van der Waals surface area contributed by atoms with E-state index < -0.39 is 0 Å². The van der Waals surface area contributed by atoms with Gasteiger partial charge in [0.1, 0.15) is 0 Å². The van der Waals surface area contributed by atoms with Crippen LogP contribution in [0.15, 0.2) is 48.7 Å². The Bertz CT molecular complexity index is 1070. The number of H-pyrrole nitrogens is 1. The molecule has 0 atom stereocenters. The largest absolute Gasteiger partial charge is 0.372 e. The lowest BCUT2D eigenvalue weighted by molar-refractivity contribution is 0.0946. The maximum absolute atomic E-state index is 12.0. The summed E-state index contributed by atoms with van der Waals surface area (Å²) in [4.78, 5) is 22.4. The van der Waals surface area contributed by atoms with E-state index in [0.717, 1.165) is 53.3 Å². The molecule has 5 rings (SSSR count). The highest BCUT2D eigenvalue weighted by molar-refractivity contribution is 5.97. The Balaban J connectivity index is 1.32. The molecule has 1 fully saturated rings. The van der Waals surface area contributed by atoms with Gasteiger partial charge >= 0.3 is 0 Å². The van der Waals surface area contributed by atoms with E-state index in [2.05, 4.69) is 50.5 Å². The van der Waals surface area contributed by atoms with Crippen molar-refractivity contribution in [3.05, 3.63) is 71.2 Å². The molecule has 0 unspecified atom stereocenters. The Labute approximate surface area is 176 Å². The van der Waals surface area contributed by atoms with Crippen molar-refractivity contribution >= 4 is 23.7 Å². The Kier molecular flexibility index (Phi) is 5.10. The molecule has 2 aliphatic heterocycles. The van der Waals surface area contributed by atoms with E-state index >= 15 is 0 Å². The van der Waals surface area contributed by atoms with Crippen LogP contribution in [0, 0.1) is 0 Å². The number of amides is 1. The Morgan fingerprint density at radius 3 is 2.60 bits per heavy atom. The molecule has 1 saturated heterocycles. The van der Waals surface area contributed by atoms with Gasteiger partial charge in [0.2, 0.25) is 0 Å². The molecule has 1 aromatic carbocycles. The van der Waals surface area contributed by atoms with Crippen LogP contribution in [0.2, 0.25) is 0 Å². The normalized spacial score (nSPS) is 16.5. The summed E-state index contributed by atoms with van der Waals surface area (Å²) < 4.78 is 0. The van der Waals surface area contributed by atoms with E-state index in [1.54, 1.807) is 0 Å². The Morgan fingerprint density at radius 1 is 0.967 bits per heavy atom. The molecule has 0 saturated carbocycles. The molecule has 0 aliphatic carbocycles. The number of anilines is 1. The average Bonchev–Trinajstić information content (AvgIpc) is 3.25. The summed E-state index contributed by atoms with van der Waals surface area (Å²) in [6.45, 7) is 3.01. The molecular formula is C25H26N4O. The number of nitrogens with zero attached hydrogens (tertiary/aromatic N) is 2. The molecule has 2 N–H and O–H groups in total. The van der Waals surface area contributed by atoms with Crippen LogP contribution in [0.1, 0.15) is 46.6 Å². The molecule has 2 aliphatic rings. The summed E-state index contributed by atoms with van der Waals surface area (Å²) in [5, 5.41) is 2.89. The molecule has 1 amide bonds. The van der Waals surface area contributed by atoms with E-state index in [4.69, 9.17) is 0 Å². The molecule has 2 aromatic heterocycles. The highest BCUT2D eigenvalue weighted by atomic mass is 16.1. The van der Waals surface area contributed by atoms with E-state index in [0.29, 0.717) is 6.54 Å². The highest BCUT2D eigenvalue weighted by Gasteiger charge is 2.19. The van der Waals surface area contributed by atoms with Gasteiger partial charge in [-0.1, -0.05) is 18.2 Å². The molecule has 30 heavy (non-hydrogen) atoms. The second kappa shape index (κ2) is 8.19. The average molecular weight is 399 g/mol. The third-order valence-corrected chi connectivity index (χ3v) is 5.96. The fourth-order valence-corrected chi connectivity index (χ4v) is 4.29. The number of aromatic nitrogens is 2. The number of rotatable bonds is 4. The number of hydrogen-bond acceptors (Lipinski definition) is 3. The maximum atomic E-state index is 12.0. The first kappa shape index (κ1) is 18.7. The van der Waals surface area contributed by atoms with Crippen molar-refractivity contribution in [2.45, 2.75) is 25.7 Å². The number of aromatic amines is 1. The predicted molar refractivity (Wildman–Crippen MR) is 121 cm³/mol. The smallest absolute Gasteiger partial charge is 0.253 e. The van der Waals surface area contributed by atoms with Crippen LogP contribution < -0.4 is 10.2 Å². The summed E-state index contributed by atoms with van der Waals surface area (Å²) >= 11 is 0. The zero-order chi connectivity index (χ0) is 20.3. The first-order valence-corrected chi connectivity index (χ1v) is 10.8. The van der Waals surface area contributed by atoms with Crippen molar-refractivity contribution in [3.8, 4) is 11.3 Å². The quantitative estimate of drug-likeness (QED) is 0.679. The number of carbonyl (C=O) groups is 1. The SMILES string of the molecule is O=C1NCCc2[nH]c(-c3ccnc(/C=C/c4ccc(N5CCCCC5)cc4)c3)cc21. The van der Waals surface area contributed by atoms with Crippen LogP contribution in [0.4, 0.5) is 5.69 Å². The molecule has 152 valence electrons. The second-order valence-corrected chi connectivity index (χ2v) is 8.02. The highest BCUT2D eigenvalue weighted by Crippen LogP contribution is 2.25. The summed E-state index contributed by atoms with van der Waals surface area (Å²) in [7, 11) is 0. The van der Waals surface area contributed by atoms with Crippen LogP contribution in [-0.2, 0) is 6.42 Å². The third kappa shape index (κ3) is 3.88. The fraction of sp³-hybridized carbons (Fsp3) is 0.280. The van der Waals surface area contributed by atoms with Gasteiger partial charge in [-0.05, 0) is 61.2 Å². The molecule has 5 nitrogen and oxygen atoms in total. The fourth-order valence-electron chi connectivity index (χ4n) is 4.29. The topological polar surface area (TPSA) is 61.0 Å². The molecule has 0 radical (unpaired) electrons. The van der Waals surface area contributed by atoms with Crippen molar-refractivity contribution in [1.29, 1.82) is 0 Å². The zero-order valence-electron chi connectivity index (χ0n) is 17.0. The van der Waals surface area contributed by atoms with Gasteiger partial charge in [0, 0.05) is 54.9 Å². The lowest BCUT2D eigenvalue weighted by atomic mass is 10.1. The predicted octanol–water partition coefficient (Wildman–Crippen LogP) is 4.52. The lowest BCUT2D eigenvalue weighted by Crippen LogP contribution is -2.31. The number of hydrogen-bond donors (Lipinski definition) is 2. The Hall–Kier alpha value is -3.34. The van der Waals surface area contributed by atoms with Gasteiger partial charge < -0.3 is 15.2 Å². The van der Waals surface area contributed by atoms with Gasteiger partial charge in [-0.3, -0.25) is 9.78 Å². The van der Waals surface area contributed by atoms with Crippen LogP contribution in [0.5, 0.6) is 0 Å². The number of fused-ring (bicyclic) bond motifs is 1. The standard InChI is InChI=1S/C25H26N4O/c30-25-22-17-24(28-23(22)11-13-27-25)19-10-12-26-20(16-19)7-4-18-5-8-21(9-6-18)29-14-2-1-3-15-29/h4-10,12,16-17,28H,1-3,11,13-15H2,(H,27,30)/b7-4+. The lowest BCUT2D eigenvalue weighted by Gasteiger charge is -2.28. The summed E-state index contributed by atoms with van der Waals surface area (Å²) in [6.07, 6.45) is 10.7. The minimum absolute atomic E-state index is 0.000857. The van der Waals surface area contributed by atoms with Gasteiger partial charge in [-0.2, -0.15) is 0 Å². The van der Waals surface area contributed by atoms with E-state index in [1.165, 1.54) is 24.9 Å². The van der Waals surface area contributed by atoms with Gasteiger partial charge in [0.25, 0.3) is 5.91 Å². The number of nitrogens with one attached hydrogen (secondary N) is 2. The van der Waals surface area contributed by atoms with E-state index in [9.17, 15) is 4.79 Å². The molecular weight excluding hydrogens is 372 g/mol. The first-order chi connectivity index (χ1) is 14.8. The molecule has 0 bridgehead atoms. The van der Waals surface area contributed by atoms with Gasteiger partial charge in [0.05, 0.1) is 11.3 Å². The minimum atomic E-state index is 0.000857. The van der Waals surface area contributed by atoms with Gasteiger partial charge in [-0.25, -0.2) is 0 Å². The van der Waals surface area contributed by atoms with Crippen molar-refractivity contribution in [2.75, 3.05) is 24.5 Å². The third-order valence-electron chi connectivity index (χ3n) is 5.96. The minimum Gasteiger partial charge on any atom is -0.372 e. The van der Waals surface area contributed by atoms with Crippen molar-refractivity contribution in [3.63, 3.8) is 0 Å². The van der Waals surface area contributed by atoms with E-state index in [-0.39, 0.29) is 5.91 Å². The van der Waals surface area contributed by atoms with Crippen LogP contribution in [0.3, 0.4) is 0 Å². The molecule has 0 spiro atoms. The summed E-state index contributed by atoms with van der Waals surface area (Å²) in [5.74, 6) is 0.000857. The Morgan fingerprint density at radius 2 is 1.80 bits per heavy atom. The molecule has 5 heteroatoms. The number of piperidine rings is 1. The summed E-state index contributed by atoms with van der Waals surface area (Å²) in [6, 6.07) is 14.7. The second-order valence-electron chi connectivity index (χ2n) is 8.02. The maximum Gasteiger partial charge on any atom is 0.253 e. The monoisotopic (exact) mass is 398 g/mol. The van der Waals surface area contributed by atoms with Crippen LogP contribution in [0.25, 0.3) is 23.4 Å². The van der Waals surface area contributed by atoms with Gasteiger partial charge in [-0.15, -0.1) is 0 Å². The molecule has 4 heterocycles. The summed E-state index contributed by atoms with van der Waals surface area (Å²) in [5.41, 5.74) is 7.12. The molecule has 3 aromatic rings. The van der Waals surface area contributed by atoms with Crippen molar-refractivity contribution in [2.24, 2.45) is 0 Å². The van der Waals surface area contributed by atoms with E-state index in [1.807, 2.05) is 30.5 Å². The first-order valence-electron chi connectivity index (χ1n) is 10.8. The number of benzene rings is 1. The van der Waals surface area contributed by atoms with Crippen LogP contribution in [-0.4, -0.2) is 35.5 Å². The zero-order valence-corrected chi connectivity index (χ0v) is 17.0. The van der Waals surface area contributed by atoms with Gasteiger partial charge in [0.15, 0.2) is 0 Å². The number of carbonyl (C=O) groups excluding carboxylic acids is 1. The number of pyridine rings is 1. The van der Waals surface area contributed by atoms with Crippen molar-refractivity contribution in [1.82, 2.24) is 15.3 Å². The van der Waals surface area contributed by atoms with Crippen molar-refractivity contribution < 1.29 is 4.79 Å². The van der Waals surface area contributed by atoms with Crippen LogP contribution >= 0.6 is 0 Å².